The minimum Gasteiger partial charge on any atom is -0.413 e. The maximum Gasteiger partial charge on any atom is 0.200 e. The van der Waals surface area contributed by atoms with Gasteiger partial charge >= 0.3 is 0 Å². The molecule has 0 radical (unpaired) electrons. The molecule has 19 heavy (non-hydrogen) atoms. The Morgan fingerprint density at radius 1 is 0.789 bits per heavy atom. The third-order valence-corrected chi connectivity index (χ3v) is 12.1. The number of rotatable bonds is 5. The molecule has 1 saturated carbocycles. The van der Waals surface area contributed by atoms with Crippen molar-refractivity contribution in [3.8, 4) is 0 Å². The van der Waals surface area contributed by atoms with Gasteiger partial charge in [-0.3, -0.25) is 0 Å². The molecule has 0 N–H and O–H groups in total. The first-order valence-corrected chi connectivity index (χ1v) is 10.5. The van der Waals surface area contributed by atoms with Gasteiger partial charge in [-0.1, -0.05) is 62.3 Å². The fourth-order valence-corrected chi connectivity index (χ4v) is 10.1. The van der Waals surface area contributed by atoms with Gasteiger partial charge in [0.25, 0.3) is 0 Å². The van der Waals surface area contributed by atoms with Crippen molar-refractivity contribution in [2.45, 2.75) is 91.5 Å². The third kappa shape index (κ3) is 3.10. The van der Waals surface area contributed by atoms with E-state index in [9.17, 15) is 0 Å². The average Bonchev–Trinajstić information content (AvgIpc) is 2.52. The van der Waals surface area contributed by atoms with Crippen LogP contribution in [0.4, 0.5) is 0 Å². The summed E-state index contributed by atoms with van der Waals surface area (Å²) in [5.74, 6) is 2.35. The molecule has 4 unspecified atom stereocenters. The number of hydrogen-bond donors (Lipinski definition) is 0. The molecule has 0 aromatic rings. The van der Waals surface area contributed by atoms with Crippen molar-refractivity contribution >= 4 is 8.32 Å². The van der Waals surface area contributed by atoms with Crippen molar-refractivity contribution in [3.63, 3.8) is 0 Å². The summed E-state index contributed by atoms with van der Waals surface area (Å²) in [5, 5.41) is 0. The van der Waals surface area contributed by atoms with Crippen LogP contribution >= 0.6 is 0 Å². The SMILES string of the molecule is CC1CC(O[Si](C(C)C)(C(C)C)C(C)C)C(C)C1C. The Labute approximate surface area is 122 Å². The highest BCUT2D eigenvalue weighted by molar-refractivity contribution is 6.77. The van der Waals surface area contributed by atoms with Crippen molar-refractivity contribution in [2.24, 2.45) is 17.8 Å². The van der Waals surface area contributed by atoms with E-state index < -0.39 is 8.32 Å². The van der Waals surface area contributed by atoms with Crippen molar-refractivity contribution < 1.29 is 4.43 Å². The summed E-state index contributed by atoms with van der Waals surface area (Å²) >= 11 is 0. The van der Waals surface area contributed by atoms with Crippen molar-refractivity contribution in [3.05, 3.63) is 0 Å². The second-order valence-corrected chi connectivity index (χ2v) is 13.3. The predicted molar refractivity (Wildman–Crippen MR) is 88.0 cm³/mol. The summed E-state index contributed by atoms with van der Waals surface area (Å²) in [6.07, 6.45) is 1.77. The van der Waals surface area contributed by atoms with E-state index in [2.05, 4.69) is 62.3 Å². The summed E-state index contributed by atoms with van der Waals surface area (Å²) in [5.41, 5.74) is 2.10. The van der Waals surface area contributed by atoms with Crippen LogP contribution in [0.25, 0.3) is 0 Å². The minimum atomic E-state index is -1.69. The zero-order chi connectivity index (χ0) is 15.0. The topological polar surface area (TPSA) is 9.23 Å². The van der Waals surface area contributed by atoms with Gasteiger partial charge in [0.15, 0.2) is 0 Å². The van der Waals surface area contributed by atoms with Crippen LogP contribution in [-0.4, -0.2) is 14.4 Å². The van der Waals surface area contributed by atoms with Crippen LogP contribution in [-0.2, 0) is 4.43 Å². The van der Waals surface area contributed by atoms with Gasteiger partial charge in [0, 0.05) is 6.10 Å². The molecule has 1 aliphatic rings. The van der Waals surface area contributed by atoms with Gasteiger partial charge < -0.3 is 4.43 Å². The molecule has 114 valence electrons. The smallest absolute Gasteiger partial charge is 0.200 e. The van der Waals surface area contributed by atoms with E-state index in [0.29, 0.717) is 22.7 Å². The minimum absolute atomic E-state index is 0.504. The van der Waals surface area contributed by atoms with Gasteiger partial charge in [0.05, 0.1) is 0 Å². The number of hydrogen-bond acceptors (Lipinski definition) is 1. The second kappa shape index (κ2) is 6.30. The summed E-state index contributed by atoms with van der Waals surface area (Å²) in [6, 6.07) is 0. The Morgan fingerprint density at radius 3 is 1.47 bits per heavy atom. The van der Waals surface area contributed by atoms with Crippen LogP contribution in [0.5, 0.6) is 0 Å². The van der Waals surface area contributed by atoms with Gasteiger partial charge in [-0.15, -0.1) is 0 Å². The van der Waals surface area contributed by atoms with E-state index in [1.807, 2.05) is 0 Å². The molecule has 4 atom stereocenters. The lowest BCUT2D eigenvalue weighted by molar-refractivity contribution is 0.132. The highest BCUT2D eigenvalue weighted by atomic mass is 28.4. The molecule has 0 aromatic heterocycles. The molecule has 0 aliphatic heterocycles. The Hall–Kier alpha value is 0.177. The maximum atomic E-state index is 6.98. The van der Waals surface area contributed by atoms with E-state index in [0.717, 1.165) is 17.8 Å². The lowest BCUT2D eigenvalue weighted by Gasteiger charge is -2.45. The molecule has 0 bridgehead atoms. The molecule has 0 spiro atoms. The monoisotopic (exact) mass is 284 g/mol. The normalized spacial score (nSPS) is 32.8. The fraction of sp³-hybridized carbons (Fsp3) is 1.00. The molecular weight excluding hydrogens is 248 g/mol. The summed E-state index contributed by atoms with van der Waals surface area (Å²) in [4.78, 5) is 0. The predicted octanol–water partition coefficient (Wildman–Crippen LogP) is 5.86. The quantitative estimate of drug-likeness (QED) is 0.575. The molecule has 0 aromatic carbocycles. The summed E-state index contributed by atoms with van der Waals surface area (Å²) < 4.78 is 6.98. The van der Waals surface area contributed by atoms with Gasteiger partial charge in [0.2, 0.25) is 8.32 Å². The standard InChI is InChI=1S/C17H36OSi/c1-11(2)19(12(3)4,13(5)6)18-17-10-14(7)15(8)16(17)9/h11-17H,10H2,1-9H3. The first kappa shape index (κ1) is 17.2. The van der Waals surface area contributed by atoms with Crippen molar-refractivity contribution in [2.75, 3.05) is 0 Å². The van der Waals surface area contributed by atoms with E-state index in [-0.39, 0.29) is 0 Å². The Morgan fingerprint density at radius 2 is 1.21 bits per heavy atom. The molecule has 0 heterocycles. The van der Waals surface area contributed by atoms with E-state index in [4.69, 9.17) is 4.43 Å². The molecule has 2 heteroatoms. The Kier molecular flexibility index (Phi) is 5.71. The molecule has 1 aliphatic carbocycles. The first-order chi connectivity index (χ1) is 8.64. The lowest BCUT2D eigenvalue weighted by atomic mass is 9.94. The maximum absolute atomic E-state index is 6.98. The Balaban J connectivity index is 2.96. The van der Waals surface area contributed by atoms with Crippen LogP contribution in [0.1, 0.15) is 68.7 Å². The van der Waals surface area contributed by atoms with E-state index in [1.165, 1.54) is 6.42 Å². The molecule has 0 amide bonds. The Bertz CT molecular complexity index is 263. The van der Waals surface area contributed by atoms with Crippen LogP contribution in [0.15, 0.2) is 0 Å². The zero-order valence-corrected chi connectivity index (χ0v) is 15.7. The highest BCUT2D eigenvalue weighted by Crippen LogP contribution is 2.47. The summed E-state index contributed by atoms with van der Waals surface area (Å²) in [6.45, 7) is 21.5. The van der Waals surface area contributed by atoms with Crippen molar-refractivity contribution in [1.82, 2.24) is 0 Å². The largest absolute Gasteiger partial charge is 0.413 e. The highest BCUT2D eigenvalue weighted by Gasteiger charge is 2.49. The molecule has 1 fully saturated rings. The molecular formula is C17H36OSi. The van der Waals surface area contributed by atoms with Crippen LogP contribution in [0, 0.1) is 17.8 Å². The van der Waals surface area contributed by atoms with Crippen LogP contribution in [0.2, 0.25) is 16.6 Å². The first-order valence-electron chi connectivity index (χ1n) is 8.32. The zero-order valence-electron chi connectivity index (χ0n) is 14.7. The van der Waals surface area contributed by atoms with E-state index >= 15 is 0 Å². The lowest BCUT2D eigenvalue weighted by Crippen LogP contribution is -2.50. The van der Waals surface area contributed by atoms with Gasteiger partial charge in [-0.25, -0.2) is 0 Å². The molecule has 1 nitrogen and oxygen atoms in total. The average molecular weight is 285 g/mol. The van der Waals surface area contributed by atoms with Gasteiger partial charge in [0.1, 0.15) is 0 Å². The van der Waals surface area contributed by atoms with Crippen LogP contribution in [0.3, 0.4) is 0 Å². The van der Waals surface area contributed by atoms with E-state index in [1.54, 1.807) is 0 Å². The van der Waals surface area contributed by atoms with Crippen molar-refractivity contribution in [1.29, 1.82) is 0 Å². The molecule has 0 saturated heterocycles. The van der Waals surface area contributed by atoms with Crippen LogP contribution < -0.4 is 0 Å². The molecule has 1 rings (SSSR count). The second-order valence-electron chi connectivity index (χ2n) is 7.91. The fourth-order valence-electron chi connectivity index (χ4n) is 4.48. The van der Waals surface area contributed by atoms with Gasteiger partial charge in [-0.05, 0) is 40.8 Å². The summed E-state index contributed by atoms with van der Waals surface area (Å²) in [7, 11) is -1.69. The van der Waals surface area contributed by atoms with Gasteiger partial charge in [-0.2, -0.15) is 0 Å². The third-order valence-electron chi connectivity index (χ3n) is 5.98.